The van der Waals surface area contributed by atoms with Crippen molar-refractivity contribution in [1.29, 1.82) is 0 Å². The van der Waals surface area contributed by atoms with Gasteiger partial charge in [-0.3, -0.25) is 9.59 Å². The maximum atomic E-state index is 11.6. The lowest BCUT2D eigenvalue weighted by Gasteiger charge is -2.23. The summed E-state index contributed by atoms with van der Waals surface area (Å²) in [7, 11) is 1.67. The van der Waals surface area contributed by atoms with Gasteiger partial charge >= 0.3 is 11.8 Å². The van der Waals surface area contributed by atoms with Crippen LogP contribution in [-0.2, 0) is 9.59 Å². The van der Waals surface area contributed by atoms with Crippen LogP contribution < -0.4 is 0 Å². The fraction of sp³-hybridized carbons (Fsp3) is 0.800. The first-order valence-electron chi connectivity index (χ1n) is 5.10. The molecule has 2 amide bonds. The van der Waals surface area contributed by atoms with Gasteiger partial charge < -0.3 is 9.80 Å². The highest BCUT2D eigenvalue weighted by Crippen LogP contribution is 2.09. The highest BCUT2D eigenvalue weighted by molar-refractivity contribution is 6.34. The maximum absolute atomic E-state index is 11.6. The van der Waals surface area contributed by atoms with Crippen molar-refractivity contribution < 1.29 is 9.59 Å². The van der Waals surface area contributed by atoms with E-state index < -0.39 is 0 Å². The Bertz CT molecular complexity index is 220. The van der Waals surface area contributed by atoms with Crippen LogP contribution >= 0.6 is 0 Å². The van der Waals surface area contributed by atoms with Gasteiger partial charge in [0.2, 0.25) is 0 Å². The van der Waals surface area contributed by atoms with Crippen LogP contribution in [0.2, 0.25) is 0 Å². The largest absolute Gasteiger partial charge is 0.335 e. The Hall–Kier alpha value is -1.06. The second kappa shape index (κ2) is 4.44. The quantitative estimate of drug-likeness (QED) is 0.575. The first-order valence-corrected chi connectivity index (χ1v) is 5.10. The third kappa shape index (κ3) is 2.25. The van der Waals surface area contributed by atoms with Gasteiger partial charge in [0.25, 0.3) is 0 Å². The highest BCUT2D eigenvalue weighted by Gasteiger charge is 2.27. The molecule has 0 aromatic rings. The van der Waals surface area contributed by atoms with E-state index in [0.717, 1.165) is 25.9 Å². The van der Waals surface area contributed by atoms with E-state index in [0.29, 0.717) is 0 Å². The summed E-state index contributed by atoms with van der Waals surface area (Å²) >= 11 is 0. The van der Waals surface area contributed by atoms with Gasteiger partial charge in [-0.05, 0) is 26.7 Å². The van der Waals surface area contributed by atoms with Crippen LogP contribution in [0.15, 0.2) is 0 Å². The van der Waals surface area contributed by atoms with E-state index in [4.69, 9.17) is 0 Å². The van der Waals surface area contributed by atoms with E-state index in [2.05, 4.69) is 0 Å². The molecule has 0 saturated carbocycles. The molecule has 0 aliphatic carbocycles. The zero-order valence-corrected chi connectivity index (χ0v) is 9.12. The van der Waals surface area contributed by atoms with Crippen LogP contribution in [0.5, 0.6) is 0 Å². The minimum absolute atomic E-state index is 0.0778. The molecule has 1 heterocycles. The number of amides is 2. The van der Waals surface area contributed by atoms with E-state index in [1.54, 1.807) is 11.9 Å². The van der Waals surface area contributed by atoms with Gasteiger partial charge in [-0.25, -0.2) is 0 Å². The smallest absolute Gasteiger partial charge is 0.312 e. The zero-order chi connectivity index (χ0) is 10.7. The minimum Gasteiger partial charge on any atom is -0.335 e. The lowest BCUT2D eigenvalue weighted by atomic mass is 10.3. The topological polar surface area (TPSA) is 40.6 Å². The lowest BCUT2D eigenvalue weighted by Crippen LogP contribution is -2.45. The number of carbonyl (C=O) groups is 2. The summed E-state index contributed by atoms with van der Waals surface area (Å²) in [6, 6.07) is 0.0778. The molecule has 1 aliphatic rings. The van der Waals surface area contributed by atoms with Crippen molar-refractivity contribution in [1.82, 2.24) is 9.80 Å². The van der Waals surface area contributed by atoms with Crippen LogP contribution in [0.3, 0.4) is 0 Å². The molecular formula is C10H18N2O2. The Morgan fingerprint density at radius 2 is 1.71 bits per heavy atom. The van der Waals surface area contributed by atoms with Crippen LogP contribution in [-0.4, -0.2) is 47.8 Å². The SMILES string of the molecule is CC(C)N(C)C(=O)C(=O)N1CCCC1. The van der Waals surface area contributed by atoms with E-state index >= 15 is 0 Å². The number of hydrogen-bond acceptors (Lipinski definition) is 2. The summed E-state index contributed by atoms with van der Waals surface area (Å²) in [5.74, 6) is -0.736. The first kappa shape index (κ1) is 11.0. The van der Waals surface area contributed by atoms with Crippen molar-refractivity contribution in [2.24, 2.45) is 0 Å². The van der Waals surface area contributed by atoms with E-state index in [-0.39, 0.29) is 17.9 Å². The van der Waals surface area contributed by atoms with Crippen LogP contribution in [0.25, 0.3) is 0 Å². The molecule has 80 valence electrons. The molecule has 0 radical (unpaired) electrons. The summed E-state index contributed by atoms with van der Waals surface area (Å²) in [5, 5.41) is 0. The third-order valence-corrected chi connectivity index (χ3v) is 2.67. The fourth-order valence-electron chi connectivity index (χ4n) is 1.44. The molecule has 4 heteroatoms. The predicted molar refractivity (Wildman–Crippen MR) is 53.7 cm³/mol. The molecule has 14 heavy (non-hydrogen) atoms. The monoisotopic (exact) mass is 198 g/mol. The van der Waals surface area contributed by atoms with Gasteiger partial charge in [0.1, 0.15) is 0 Å². The maximum Gasteiger partial charge on any atom is 0.312 e. The molecule has 0 N–H and O–H groups in total. The van der Waals surface area contributed by atoms with Gasteiger partial charge in [0.05, 0.1) is 0 Å². The molecule has 0 aromatic heterocycles. The molecule has 1 rings (SSSR count). The number of carbonyl (C=O) groups excluding carboxylic acids is 2. The Labute approximate surface area is 84.9 Å². The molecule has 0 unspecified atom stereocenters. The third-order valence-electron chi connectivity index (χ3n) is 2.67. The first-order chi connectivity index (χ1) is 6.54. The predicted octanol–water partition coefficient (Wildman–Crippen LogP) is 0.476. The highest BCUT2D eigenvalue weighted by atomic mass is 16.2. The fourth-order valence-corrected chi connectivity index (χ4v) is 1.44. The normalized spacial score (nSPS) is 16.1. The van der Waals surface area contributed by atoms with Crippen molar-refractivity contribution in [2.75, 3.05) is 20.1 Å². The number of nitrogens with zero attached hydrogens (tertiary/aromatic N) is 2. The minimum atomic E-state index is -0.387. The Balaban J connectivity index is 2.55. The summed E-state index contributed by atoms with van der Waals surface area (Å²) in [4.78, 5) is 26.4. The van der Waals surface area contributed by atoms with Gasteiger partial charge in [0.15, 0.2) is 0 Å². The van der Waals surface area contributed by atoms with Crippen LogP contribution in [0, 0.1) is 0 Å². The van der Waals surface area contributed by atoms with Gasteiger partial charge in [-0.2, -0.15) is 0 Å². The Kier molecular flexibility index (Phi) is 3.49. The van der Waals surface area contributed by atoms with Crippen molar-refractivity contribution >= 4 is 11.8 Å². The van der Waals surface area contributed by atoms with E-state index in [1.165, 1.54) is 4.90 Å². The van der Waals surface area contributed by atoms with Crippen LogP contribution in [0.1, 0.15) is 26.7 Å². The van der Waals surface area contributed by atoms with Gasteiger partial charge in [-0.1, -0.05) is 0 Å². The second-order valence-electron chi connectivity index (χ2n) is 4.01. The van der Waals surface area contributed by atoms with Gasteiger partial charge in [-0.15, -0.1) is 0 Å². The number of hydrogen-bond donors (Lipinski definition) is 0. The Morgan fingerprint density at radius 3 is 2.14 bits per heavy atom. The molecule has 1 fully saturated rings. The van der Waals surface area contributed by atoms with E-state index in [9.17, 15) is 9.59 Å². The van der Waals surface area contributed by atoms with E-state index in [1.807, 2.05) is 13.8 Å². The molecular weight excluding hydrogens is 180 g/mol. The van der Waals surface area contributed by atoms with Gasteiger partial charge in [0, 0.05) is 26.2 Å². The zero-order valence-electron chi connectivity index (χ0n) is 9.12. The number of rotatable bonds is 1. The second-order valence-corrected chi connectivity index (χ2v) is 4.01. The molecule has 0 bridgehead atoms. The summed E-state index contributed by atoms with van der Waals surface area (Å²) in [6.07, 6.45) is 2.04. The lowest BCUT2D eigenvalue weighted by molar-refractivity contribution is -0.151. The molecule has 0 spiro atoms. The molecule has 1 saturated heterocycles. The van der Waals surface area contributed by atoms with Crippen LogP contribution in [0.4, 0.5) is 0 Å². The Morgan fingerprint density at radius 1 is 1.21 bits per heavy atom. The van der Waals surface area contributed by atoms with Crippen molar-refractivity contribution in [3.63, 3.8) is 0 Å². The summed E-state index contributed by atoms with van der Waals surface area (Å²) < 4.78 is 0. The average molecular weight is 198 g/mol. The van der Waals surface area contributed by atoms with Crippen molar-refractivity contribution in [3.05, 3.63) is 0 Å². The molecule has 0 atom stereocenters. The van der Waals surface area contributed by atoms with Crippen molar-refractivity contribution in [2.45, 2.75) is 32.7 Å². The summed E-state index contributed by atoms with van der Waals surface area (Å²) in [6.45, 7) is 5.26. The molecule has 1 aliphatic heterocycles. The standard InChI is InChI=1S/C10H18N2O2/c1-8(2)11(3)9(13)10(14)12-6-4-5-7-12/h8H,4-7H2,1-3H3. The number of likely N-dealkylation sites (tertiary alicyclic amines) is 1. The van der Waals surface area contributed by atoms with Crippen molar-refractivity contribution in [3.8, 4) is 0 Å². The number of likely N-dealkylation sites (N-methyl/N-ethyl adjacent to an activating group) is 1. The average Bonchev–Trinajstić information content (AvgIpc) is 2.67. The molecule has 4 nitrogen and oxygen atoms in total. The molecule has 0 aromatic carbocycles. The summed E-state index contributed by atoms with van der Waals surface area (Å²) in [5.41, 5.74) is 0.